The van der Waals surface area contributed by atoms with Gasteiger partial charge in [0.2, 0.25) is 0 Å². The van der Waals surface area contributed by atoms with Crippen LogP contribution in [0.4, 0.5) is 0 Å². The van der Waals surface area contributed by atoms with Crippen LogP contribution in [0.3, 0.4) is 0 Å². The third-order valence-corrected chi connectivity index (χ3v) is 9.45. The van der Waals surface area contributed by atoms with Crippen LogP contribution in [0.5, 0.6) is 5.75 Å². The summed E-state index contributed by atoms with van der Waals surface area (Å²) in [5.74, 6) is 1.61. The average molecular weight is 641 g/mol. The number of ether oxygens (including phenoxy) is 1. The number of hydrogen-bond acceptors (Lipinski definition) is 3. The van der Waals surface area contributed by atoms with E-state index < -0.39 is 0 Å². The molecule has 0 radical (unpaired) electrons. The summed E-state index contributed by atoms with van der Waals surface area (Å²) in [4.78, 5) is 10.3. The molecule has 8 aromatic rings. The fraction of sp³-hybridized carbons (Fsp3) is 0.0213. The van der Waals surface area contributed by atoms with Gasteiger partial charge in [0, 0.05) is 22.3 Å². The Morgan fingerprint density at radius 2 is 0.820 bits per heavy atom. The van der Waals surface area contributed by atoms with Gasteiger partial charge in [0.05, 0.1) is 11.4 Å². The van der Waals surface area contributed by atoms with Gasteiger partial charge >= 0.3 is 0 Å². The summed E-state index contributed by atoms with van der Waals surface area (Å²) in [5.41, 5.74) is 15.4. The zero-order chi connectivity index (χ0) is 33.3. The maximum Gasteiger partial charge on any atom is 0.160 e. The summed E-state index contributed by atoms with van der Waals surface area (Å²) in [7, 11) is 0. The first kappa shape index (κ1) is 29.6. The van der Waals surface area contributed by atoms with Gasteiger partial charge in [-0.2, -0.15) is 0 Å². The van der Waals surface area contributed by atoms with E-state index in [9.17, 15) is 0 Å². The van der Waals surface area contributed by atoms with Gasteiger partial charge in [-0.1, -0.05) is 170 Å². The molecule has 7 aromatic carbocycles. The zero-order valence-electron chi connectivity index (χ0n) is 27.3. The summed E-state index contributed by atoms with van der Waals surface area (Å²) >= 11 is 0. The van der Waals surface area contributed by atoms with Gasteiger partial charge in [0.15, 0.2) is 5.82 Å². The van der Waals surface area contributed by atoms with E-state index in [4.69, 9.17) is 14.7 Å². The molecule has 0 unspecified atom stereocenters. The van der Waals surface area contributed by atoms with Crippen LogP contribution >= 0.6 is 0 Å². The van der Waals surface area contributed by atoms with Gasteiger partial charge in [-0.25, -0.2) is 9.97 Å². The van der Waals surface area contributed by atoms with Crippen LogP contribution < -0.4 is 4.74 Å². The van der Waals surface area contributed by atoms with Crippen LogP contribution in [-0.2, 0) is 6.61 Å². The standard InChI is InChI=1S/C47H32N2O/c1-3-10-32(11-4-1)34-18-24-37(25-19-34)43-30-44(38-26-20-35(21-27-38)33-12-5-2-6-13-33)49-47(48-43)39-28-22-36(23-29-39)41-16-9-17-45-46(41)42-15-8-7-14-40(42)31-50-45/h1-30H,31H2. The number of aromatic nitrogens is 2. The molecule has 0 bridgehead atoms. The molecule has 0 N–H and O–H groups in total. The Bertz CT molecular complexity index is 2330. The van der Waals surface area contributed by atoms with Crippen molar-refractivity contribution in [1.82, 2.24) is 9.97 Å². The summed E-state index contributed by atoms with van der Waals surface area (Å²) < 4.78 is 6.16. The van der Waals surface area contributed by atoms with Crippen molar-refractivity contribution in [2.75, 3.05) is 0 Å². The van der Waals surface area contributed by atoms with Crippen molar-refractivity contribution < 1.29 is 4.74 Å². The number of hydrogen-bond donors (Lipinski definition) is 0. The van der Waals surface area contributed by atoms with Gasteiger partial charge in [-0.3, -0.25) is 0 Å². The number of nitrogens with zero attached hydrogens (tertiary/aromatic N) is 2. The lowest BCUT2D eigenvalue weighted by Gasteiger charge is -2.23. The highest BCUT2D eigenvalue weighted by atomic mass is 16.5. The lowest BCUT2D eigenvalue weighted by Crippen LogP contribution is -2.06. The molecule has 2 heterocycles. The largest absolute Gasteiger partial charge is 0.488 e. The highest BCUT2D eigenvalue weighted by Crippen LogP contribution is 2.44. The van der Waals surface area contributed by atoms with Crippen LogP contribution in [0.15, 0.2) is 182 Å². The van der Waals surface area contributed by atoms with E-state index in [1.807, 2.05) is 12.1 Å². The predicted octanol–water partition coefficient (Wildman–Crippen LogP) is 12.0. The molecule has 0 spiro atoms. The molecule has 0 fully saturated rings. The van der Waals surface area contributed by atoms with Crippen LogP contribution in [0, 0.1) is 0 Å². The second kappa shape index (κ2) is 12.8. The monoisotopic (exact) mass is 640 g/mol. The SMILES string of the molecule is c1ccc(-c2ccc(-c3cc(-c4ccc(-c5ccccc5)cc4)nc(-c4ccc(-c5cccc6c5-c5ccccc5CO6)cc4)n3)cc2)cc1. The summed E-state index contributed by atoms with van der Waals surface area (Å²) in [6, 6.07) is 63.7. The first-order chi connectivity index (χ1) is 24.8. The number of benzene rings is 7. The van der Waals surface area contributed by atoms with E-state index in [0.29, 0.717) is 12.4 Å². The molecule has 236 valence electrons. The molecule has 1 aliphatic rings. The molecule has 0 aliphatic carbocycles. The molecule has 3 nitrogen and oxygen atoms in total. The van der Waals surface area contributed by atoms with Crippen molar-refractivity contribution in [1.29, 1.82) is 0 Å². The maximum atomic E-state index is 6.16. The molecule has 0 atom stereocenters. The van der Waals surface area contributed by atoms with Crippen molar-refractivity contribution in [2.24, 2.45) is 0 Å². The lowest BCUT2D eigenvalue weighted by molar-refractivity contribution is 0.302. The van der Waals surface area contributed by atoms with E-state index in [0.717, 1.165) is 50.5 Å². The van der Waals surface area contributed by atoms with E-state index in [1.165, 1.54) is 33.4 Å². The van der Waals surface area contributed by atoms with E-state index in [-0.39, 0.29) is 0 Å². The van der Waals surface area contributed by atoms with E-state index in [1.54, 1.807) is 0 Å². The van der Waals surface area contributed by atoms with E-state index in [2.05, 4.69) is 170 Å². The topological polar surface area (TPSA) is 35.0 Å². The van der Waals surface area contributed by atoms with Crippen LogP contribution in [0.1, 0.15) is 5.56 Å². The second-order valence-corrected chi connectivity index (χ2v) is 12.6. The van der Waals surface area contributed by atoms with Crippen LogP contribution in [0.25, 0.3) is 78.4 Å². The Labute approximate surface area is 292 Å². The highest BCUT2D eigenvalue weighted by molar-refractivity contribution is 5.90. The molecular formula is C47H32N2O. The van der Waals surface area contributed by atoms with Crippen molar-refractivity contribution in [3.8, 4) is 84.2 Å². The maximum absolute atomic E-state index is 6.16. The first-order valence-corrected chi connectivity index (χ1v) is 16.9. The minimum atomic E-state index is 0.589. The van der Waals surface area contributed by atoms with Crippen LogP contribution in [0.2, 0.25) is 0 Å². The Morgan fingerprint density at radius 1 is 0.360 bits per heavy atom. The quantitative estimate of drug-likeness (QED) is 0.181. The first-order valence-electron chi connectivity index (χ1n) is 16.9. The van der Waals surface area contributed by atoms with Crippen molar-refractivity contribution in [3.63, 3.8) is 0 Å². The molecule has 9 rings (SSSR count). The van der Waals surface area contributed by atoms with Crippen LogP contribution in [-0.4, -0.2) is 9.97 Å². The second-order valence-electron chi connectivity index (χ2n) is 12.6. The smallest absolute Gasteiger partial charge is 0.160 e. The summed E-state index contributed by atoms with van der Waals surface area (Å²) in [5, 5.41) is 0. The molecule has 1 aliphatic heterocycles. The Morgan fingerprint density at radius 3 is 1.42 bits per heavy atom. The molecule has 0 amide bonds. The predicted molar refractivity (Wildman–Crippen MR) is 204 cm³/mol. The van der Waals surface area contributed by atoms with Crippen molar-refractivity contribution in [3.05, 3.63) is 188 Å². The molecular weight excluding hydrogens is 609 g/mol. The number of fused-ring (bicyclic) bond motifs is 3. The van der Waals surface area contributed by atoms with E-state index >= 15 is 0 Å². The van der Waals surface area contributed by atoms with Gasteiger partial charge in [-0.05, 0) is 56.6 Å². The zero-order valence-corrected chi connectivity index (χ0v) is 27.3. The van der Waals surface area contributed by atoms with Gasteiger partial charge in [0.1, 0.15) is 12.4 Å². The van der Waals surface area contributed by atoms with Gasteiger partial charge in [-0.15, -0.1) is 0 Å². The molecule has 0 saturated heterocycles. The minimum Gasteiger partial charge on any atom is -0.488 e. The Hall–Kier alpha value is -6.58. The summed E-state index contributed by atoms with van der Waals surface area (Å²) in [6.07, 6.45) is 0. The fourth-order valence-electron chi connectivity index (χ4n) is 6.81. The average Bonchev–Trinajstić information content (AvgIpc) is 3.21. The lowest BCUT2D eigenvalue weighted by atomic mass is 9.89. The molecule has 50 heavy (non-hydrogen) atoms. The Balaban J connectivity index is 1.11. The number of rotatable bonds is 6. The Kier molecular flexibility index (Phi) is 7.56. The normalized spacial score (nSPS) is 11.7. The summed E-state index contributed by atoms with van der Waals surface area (Å²) in [6.45, 7) is 0.589. The third kappa shape index (κ3) is 5.65. The highest BCUT2D eigenvalue weighted by Gasteiger charge is 2.21. The third-order valence-electron chi connectivity index (χ3n) is 9.45. The molecule has 1 aromatic heterocycles. The van der Waals surface area contributed by atoms with Gasteiger partial charge < -0.3 is 4.74 Å². The molecule has 3 heteroatoms. The molecule has 0 saturated carbocycles. The van der Waals surface area contributed by atoms with Crippen molar-refractivity contribution >= 4 is 0 Å². The minimum absolute atomic E-state index is 0.589. The van der Waals surface area contributed by atoms with Gasteiger partial charge in [0.25, 0.3) is 0 Å². The van der Waals surface area contributed by atoms with Crippen molar-refractivity contribution in [2.45, 2.75) is 6.61 Å². The fourth-order valence-corrected chi connectivity index (χ4v) is 6.81.